The summed E-state index contributed by atoms with van der Waals surface area (Å²) in [4.78, 5) is 12.0. The van der Waals surface area contributed by atoms with E-state index in [0.29, 0.717) is 17.1 Å². The molecule has 1 atom stereocenters. The number of halogens is 1. The van der Waals surface area contributed by atoms with Gasteiger partial charge in [0.25, 0.3) is 5.91 Å². The van der Waals surface area contributed by atoms with Gasteiger partial charge in [0.1, 0.15) is 5.76 Å². The molecule has 0 radical (unpaired) electrons. The van der Waals surface area contributed by atoms with E-state index >= 15 is 0 Å². The fraction of sp³-hybridized carbons (Fsp3) is 0.545. The molecule has 0 fully saturated rings. The van der Waals surface area contributed by atoms with Gasteiger partial charge in [-0.3, -0.25) is 4.79 Å². The predicted molar refractivity (Wildman–Crippen MR) is 63.4 cm³/mol. The zero-order chi connectivity index (χ0) is 11.3. The Hall–Kier alpha value is -0.770. The van der Waals surface area contributed by atoms with Gasteiger partial charge < -0.3 is 9.73 Å². The Kier molecular flexibility index (Phi) is 4.88. The minimum absolute atomic E-state index is 0.134. The highest BCUT2D eigenvalue weighted by Gasteiger charge is 2.08. The van der Waals surface area contributed by atoms with E-state index in [2.05, 4.69) is 28.2 Å². The monoisotopic (exact) mass is 273 g/mol. The third-order valence-corrected chi connectivity index (χ3v) is 2.49. The number of alkyl halides is 1. The van der Waals surface area contributed by atoms with Crippen molar-refractivity contribution in [3.63, 3.8) is 0 Å². The van der Waals surface area contributed by atoms with E-state index in [1.54, 1.807) is 12.1 Å². The van der Waals surface area contributed by atoms with Crippen LogP contribution >= 0.6 is 15.9 Å². The van der Waals surface area contributed by atoms with Crippen LogP contribution in [0.2, 0.25) is 0 Å². The first kappa shape index (κ1) is 12.3. The Balaban J connectivity index is 2.25. The number of hydrogen-bond acceptors (Lipinski definition) is 2. The average Bonchev–Trinajstić information content (AvgIpc) is 2.59. The fourth-order valence-corrected chi connectivity index (χ4v) is 1.55. The topological polar surface area (TPSA) is 42.2 Å². The van der Waals surface area contributed by atoms with Gasteiger partial charge in [-0.1, -0.05) is 22.9 Å². The van der Waals surface area contributed by atoms with Crippen molar-refractivity contribution >= 4 is 21.8 Å². The molecule has 1 aromatic heterocycles. The van der Waals surface area contributed by atoms with Crippen LogP contribution in [-0.2, 0) is 0 Å². The van der Waals surface area contributed by atoms with Crippen LogP contribution in [-0.4, -0.2) is 17.3 Å². The van der Waals surface area contributed by atoms with E-state index in [4.69, 9.17) is 4.42 Å². The Morgan fingerprint density at radius 2 is 2.33 bits per heavy atom. The molecule has 0 bridgehead atoms. The molecule has 1 heterocycles. The summed E-state index contributed by atoms with van der Waals surface area (Å²) in [6.07, 6.45) is 2.02. The number of carbonyl (C=O) groups excluding carboxylic acids is 1. The molecule has 1 N–H and O–H groups in total. The first-order chi connectivity index (χ1) is 7.09. The van der Waals surface area contributed by atoms with Gasteiger partial charge in [0.15, 0.2) is 5.76 Å². The molecule has 4 heteroatoms. The molecule has 15 heavy (non-hydrogen) atoms. The summed E-state index contributed by atoms with van der Waals surface area (Å²) >= 11 is 3.46. The Labute approximate surface area is 98.4 Å². The second-order valence-corrected chi connectivity index (χ2v) is 5.15. The molecule has 3 nitrogen and oxygen atoms in total. The quantitative estimate of drug-likeness (QED) is 0.662. The third kappa shape index (κ3) is 4.51. The van der Waals surface area contributed by atoms with Crippen molar-refractivity contribution in [2.75, 3.05) is 6.54 Å². The van der Waals surface area contributed by atoms with Crippen LogP contribution in [0.25, 0.3) is 0 Å². The molecule has 0 aliphatic heterocycles. The van der Waals surface area contributed by atoms with Crippen LogP contribution in [0, 0.1) is 6.92 Å². The molecule has 1 unspecified atom stereocenters. The summed E-state index contributed by atoms with van der Waals surface area (Å²) < 4.78 is 5.20. The molecular weight excluding hydrogens is 258 g/mol. The van der Waals surface area contributed by atoms with Crippen molar-refractivity contribution in [1.82, 2.24) is 5.32 Å². The maximum Gasteiger partial charge on any atom is 0.286 e. The van der Waals surface area contributed by atoms with Crippen LogP contribution in [0.3, 0.4) is 0 Å². The van der Waals surface area contributed by atoms with Crippen LogP contribution in [0.5, 0.6) is 0 Å². The molecule has 1 rings (SSSR count). The summed E-state index contributed by atoms with van der Waals surface area (Å²) in [6.45, 7) is 4.61. The molecular formula is C11H16BrNO2. The smallest absolute Gasteiger partial charge is 0.286 e. The lowest BCUT2D eigenvalue weighted by Crippen LogP contribution is -2.24. The van der Waals surface area contributed by atoms with Crippen LogP contribution in [0.15, 0.2) is 16.5 Å². The third-order valence-electron chi connectivity index (χ3n) is 2.03. The van der Waals surface area contributed by atoms with Gasteiger partial charge in [-0.05, 0) is 31.9 Å². The molecule has 1 amide bonds. The Morgan fingerprint density at radius 1 is 1.60 bits per heavy atom. The van der Waals surface area contributed by atoms with Crippen molar-refractivity contribution in [2.45, 2.75) is 31.5 Å². The standard InChI is InChI=1S/C11H16BrNO2/c1-8(12)4-3-7-13-11(14)10-6-5-9(2)15-10/h5-6,8H,3-4,7H2,1-2H3,(H,13,14). The highest BCUT2D eigenvalue weighted by molar-refractivity contribution is 9.09. The van der Waals surface area contributed by atoms with Crippen LogP contribution in [0.1, 0.15) is 36.1 Å². The maximum absolute atomic E-state index is 11.5. The largest absolute Gasteiger partial charge is 0.456 e. The average molecular weight is 274 g/mol. The van der Waals surface area contributed by atoms with E-state index in [0.717, 1.165) is 18.6 Å². The van der Waals surface area contributed by atoms with E-state index in [1.165, 1.54) is 0 Å². The van der Waals surface area contributed by atoms with Gasteiger partial charge in [-0.15, -0.1) is 0 Å². The van der Waals surface area contributed by atoms with Gasteiger partial charge in [-0.2, -0.15) is 0 Å². The van der Waals surface area contributed by atoms with Crippen LogP contribution in [0.4, 0.5) is 0 Å². The van der Waals surface area contributed by atoms with Crippen molar-refractivity contribution in [1.29, 1.82) is 0 Å². The minimum Gasteiger partial charge on any atom is -0.456 e. The molecule has 0 saturated heterocycles. The number of aryl methyl sites for hydroxylation is 1. The normalized spacial score (nSPS) is 12.5. The molecule has 0 aromatic carbocycles. The molecule has 1 aromatic rings. The first-order valence-electron chi connectivity index (χ1n) is 5.08. The van der Waals surface area contributed by atoms with Gasteiger partial charge in [0.05, 0.1) is 0 Å². The molecule has 0 spiro atoms. The van der Waals surface area contributed by atoms with E-state index in [1.807, 2.05) is 6.92 Å². The summed E-state index contributed by atoms with van der Waals surface area (Å²) in [7, 11) is 0. The highest BCUT2D eigenvalue weighted by Crippen LogP contribution is 2.07. The van der Waals surface area contributed by atoms with Crippen molar-refractivity contribution in [2.24, 2.45) is 0 Å². The number of amides is 1. The van der Waals surface area contributed by atoms with E-state index < -0.39 is 0 Å². The summed E-state index contributed by atoms with van der Waals surface area (Å²) in [5.74, 6) is 1.01. The van der Waals surface area contributed by atoms with Crippen molar-refractivity contribution < 1.29 is 9.21 Å². The lowest BCUT2D eigenvalue weighted by Gasteiger charge is -2.04. The Morgan fingerprint density at radius 3 is 2.87 bits per heavy atom. The summed E-state index contributed by atoms with van der Waals surface area (Å²) in [6, 6.07) is 3.48. The predicted octanol–water partition coefficient (Wildman–Crippen LogP) is 2.88. The van der Waals surface area contributed by atoms with Gasteiger partial charge >= 0.3 is 0 Å². The molecule has 84 valence electrons. The summed E-state index contributed by atoms with van der Waals surface area (Å²) in [5.41, 5.74) is 0. The van der Waals surface area contributed by atoms with Crippen molar-refractivity contribution in [3.8, 4) is 0 Å². The molecule has 0 aliphatic rings. The SMILES string of the molecule is Cc1ccc(C(=O)NCCCC(C)Br)o1. The van der Waals surface area contributed by atoms with E-state index in [-0.39, 0.29) is 5.91 Å². The Bertz CT molecular complexity index is 320. The molecule has 0 saturated carbocycles. The number of furan rings is 1. The number of carbonyl (C=O) groups is 1. The van der Waals surface area contributed by atoms with Gasteiger partial charge in [-0.25, -0.2) is 0 Å². The number of hydrogen-bond donors (Lipinski definition) is 1. The zero-order valence-corrected chi connectivity index (χ0v) is 10.6. The molecule has 0 aliphatic carbocycles. The number of rotatable bonds is 5. The zero-order valence-electron chi connectivity index (χ0n) is 9.05. The van der Waals surface area contributed by atoms with Gasteiger partial charge in [0.2, 0.25) is 0 Å². The number of nitrogens with one attached hydrogen (secondary N) is 1. The second kappa shape index (κ2) is 5.95. The maximum atomic E-state index is 11.5. The summed E-state index contributed by atoms with van der Waals surface area (Å²) in [5, 5.41) is 2.81. The van der Waals surface area contributed by atoms with Crippen molar-refractivity contribution in [3.05, 3.63) is 23.7 Å². The highest BCUT2D eigenvalue weighted by atomic mass is 79.9. The first-order valence-corrected chi connectivity index (χ1v) is 6.00. The lowest BCUT2D eigenvalue weighted by molar-refractivity contribution is 0.0924. The van der Waals surface area contributed by atoms with E-state index in [9.17, 15) is 4.79 Å². The van der Waals surface area contributed by atoms with Gasteiger partial charge in [0, 0.05) is 11.4 Å². The second-order valence-electron chi connectivity index (χ2n) is 3.59. The lowest BCUT2D eigenvalue weighted by atomic mass is 10.2. The fourth-order valence-electron chi connectivity index (χ4n) is 1.23. The minimum atomic E-state index is -0.134. The van der Waals surface area contributed by atoms with Crippen LogP contribution < -0.4 is 5.32 Å².